The van der Waals surface area contributed by atoms with E-state index in [2.05, 4.69) is 43.5 Å². The maximum absolute atomic E-state index is 10.8. The molecule has 5 heterocycles. The molecule has 172 valence electrons. The minimum Gasteiger partial charge on any atom is -0.507 e. The SMILES string of the molecule is CN1CCN([C@@H]2CC3COC[C@@H](C2)N3)c2nnc(-c3ccc(-c4cnn(C)c4)cc3O)cc21. The Morgan fingerprint density at radius 1 is 1.03 bits per heavy atom. The number of likely N-dealkylation sites (N-methyl/N-ethyl adjacent to an activating group) is 1. The van der Waals surface area contributed by atoms with Gasteiger partial charge in [0.15, 0.2) is 5.82 Å². The summed E-state index contributed by atoms with van der Waals surface area (Å²) < 4.78 is 7.48. The molecule has 0 saturated carbocycles. The normalized spacial score (nSPS) is 24.6. The smallest absolute Gasteiger partial charge is 0.175 e. The molecule has 3 aliphatic heterocycles. The highest BCUT2D eigenvalue weighted by atomic mass is 16.5. The van der Waals surface area contributed by atoms with E-state index >= 15 is 0 Å². The van der Waals surface area contributed by atoms with Crippen LogP contribution in [-0.2, 0) is 11.8 Å². The number of phenols is 1. The summed E-state index contributed by atoms with van der Waals surface area (Å²) in [5.74, 6) is 1.12. The number of nitrogens with zero attached hydrogens (tertiary/aromatic N) is 6. The number of hydrogen-bond donors (Lipinski definition) is 2. The van der Waals surface area contributed by atoms with Gasteiger partial charge < -0.3 is 25.0 Å². The third-order valence-electron chi connectivity index (χ3n) is 7.09. The fraction of sp³-hybridized carbons (Fsp3) is 0.458. The van der Waals surface area contributed by atoms with Gasteiger partial charge in [0.2, 0.25) is 0 Å². The largest absolute Gasteiger partial charge is 0.507 e. The van der Waals surface area contributed by atoms with Crippen LogP contribution in [0.15, 0.2) is 36.7 Å². The Morgan fingerprint density at radius 3 is 2.58 bits per heavy atom. The average Bonchev–Trinajstić information content (AvgIpc) is 3.25. The van der Waals surface area contributed by atoms with Gasteiger partial charge >= 0.3 is 0 Å². The highest BCUT2D eigenvalue weighted by molar-refractivity contribution is 5.79. The van der Waals surface area contributed by atoms with Gasteiger partial charge in [-0.2, -0.15) is 5.10 Å². The van der Waals surface area contributed by atoms with Crippen LogP contribution < -0.4 is 15.1 Å². The Labute approximate surface area is 193 Å². The number of fused-ring (bicyclic) bond motifs is 3. The van der Waals surface area contributed by atoms with E-state index in [-0.39, 0.29) is 5.75 Å². The van der Waals surface area contributed by atoms with Crippen LogP contribution in [0.2, 0.25) is 0 Å². The van der Waals surface area contributed by atoms with Crippen LogP contribution in [0.1, 0.15) is 12.8 Å². The fourth-order valence-corrected chi connectivity index (χ4v) is 5.39. The first kappa shape index (κ1) is 20.4. The number of anilines is 2. The van der Waals surface area contributed by atoms with E-state index in [9.17, 15) is 5.11 Å². The molecule has 3 aliphatic rings. The summed E-state index contributed by atoms with van der Waals surface area (Å²) in [6, 6.07) is 8.96. The zero-order chi connectivity index (χ0) is 22.5. The summed E-state index contributed by atoms with van der Waals surface area (Å²) in [5.41, 5.74) is 4.29. The highest BCUT2D eigenvalue weighted by Gasteiger charge is 2.37. The van der Waals surface area contributed by atoms with E-state index < -0.39 is 0 Å². The standard InChI is InChI=1S/C24H29N7O2/c1-29-5-6-31(19-8-17-13-33-14-18(9-19)26-17)24-22(29)10-21(27-28-24)20-4-3-15(7-23(20)32)16-11-25-30(2)12-16/h3-4,7,10-12,17-19,26,32H,5-6,8-9,13-14H2,1-2H3/t17-,18?,19+/m1/s1. The zero-order valence-corrected chi connectivity index (χ0v) is 19.0. The number of ether oxygens (including phenoxy) is 1. The van der Waals surface area contributed by atoms with E-state index in [1.54, 1.807) is 16.9 Å². The number of nitrogens with one attached hydrogen (secondary N) is 1. The van der Waals surface area contributed by atoms with Gasteiger partial charge in [0.1, 0.15) is 5.75 Å². The van der Waals surface area contributed by atoms with Crippen molar-refractivity contribution in [1.29, 1.82) is 0 Å². The van der Waals surface area contributed by atoms with Gasteiger partial charge in [-0.05, 0) is 36.6 Å². The maximum atomic E-state index is 10.8. The molecule has 2 bridgehead atoms. The van der Waals surface area contributed by atoms with E-state index in [0.717, 1.165) is 61.8 Å². The number of piperidine rings is 1. The molecule has 1 aromatic carbocycles. The first-order valence-electron chi connectivity index (χ1n) is 11.6. The number of morpholine rings is 1. The lowest BCUT2D eigenvalue weighted by molar-refractivity contribution is 0.0178. The molecule has 9 heteroatoms. The maximum Gasteiger partial charge on any atom is 0.175 e. The molecular weight excluding hydrogens is 418 g/mol. The highest BCUT2D eigenvalue weighted by Crippen LogP contribution is 2.39. The van der Waals surface area contributed by atoms with Crippen molar-refractivity contribution in [3.05, 3.63) is 36.7 Å². The molecule has 2 aromatic heterocycles. The van der Waals surface area contributed by atoms with Crippen LogP contribution in [0, 0.1) is 0 Å². The molecule has 2 fully saturated rings. The number of rotatable bonds is 3. The van der Waals surface area contributed by atoms with Crippen LogP contribution in [0.5, 0.6) is 5.75 Å². The average molecular weight is 448 g/mol. The predicted molar refractivity (Wildman–Crippen MR) is 127 cm³/mol. The Hall–Kier alpha value is -3.17. The number of aromatic nitrogens is 4. The van der Waals surface area contributed by atoms with E-state index in [1.807, 2.05) is 25.4 Å². The molecule has 2 saturated heterocycles. The molecular formula is C24H29N7O2. The summed E-state index contributed by atoms with van der Waals surface area (Å²) >= 11 is 0. The monoisotopic (exact) mass is 447 g/mol. The van der Waals surface area contributed by atoms with Crippen molar-refractivity contribution in [2.45, 2.75) is 31.0 Å². The topological polar surface area (TPSA) is 91.6 Å². The molecule has 0 spiro atoms. The van der Waals surface area contributed by atoms with Gasteiger partial charge in [-0.15, -0.1) is 10.2 Å². The predicted octanol–water partition coefficient (Wildman–Crippen LogP) is 2.03. The Morgan fingerprint density at radius 2 is 1.85 bits per heavy atom. The van der Waals surface area contributed by atoms with Gasteiger partial charge in [-0.3, -0.25) is 4.68 Å². The van der Waals surface area contributed by atoms with Gasteiger partial charge in [0.25, 0.3) is 0 Å². The summed E-state index contributed by atoms with van der Waals surface area (Å²) in [7, 11) is 3.97. The number of aryl methyl sites for hydroxylation is 1. The third-order valence-corrected chi connectivity index (χ3v) is 7.09. The second kappa shape index (κ2) is 8.00. The van der Waals surface area contributed by atoms with Crippen LogP contribution in [0.4, 0.5) is 11.5 Å². The molecule has 0 amide bonds. The summed E-state index contributed by atoms with van der Waals surface area (Å²) in [4.78, 5) is 4.67. The van der Waals surface area contributed by atoms with E-state index in [0.29, 0.717) is 29.4 Å². The number of phenolic OH excluding ortho intramolecular Hbond substituents is 1. The molecule has 0 radical (unpaired) electrons. The number of hydrogen-bond acceptors (Lipinski definition) is 8. The summed E-state index contributed by atoms with van der Waals surface area (Å²) in [6.45, 7) is 3.44. The van der Waals surface area contributed by atoms with Crippen LogP contribution >= 0.6 is 0 Å². The molecule has 33 heavy (non-hydrogen) atoms. The number of benzene rings is 1. The van der Waals surface area contributed by atoms with Crippen molar-refractivity contribution < 1.29 is 9.84 Å². The van der Waals surface area contributed by atoms with E-state index in [4.69, 9.17) is 4.74 Å². The van der Waals surface area contributed by atoms with Crippen LogP contribution in [0.25, 0.3) is 22.4 Å². The first-order chi connectivity index (χ1) is 16.0. The number of aromatic hydroxyl groups is 1. The minimum absolute atomic E-state index is 0.187. The van der Waals surface area contributed by atoms with Gasteiger partial charge in [0, 0.05) is 62.6 Å². The Bertz CT molecular complexity index is 1170. The van der Waals surface area contributed by atoms with Crippen molar-refractivity contribution in [1.82, 2.24) is 25.3 Å². The molecule has 2 N–H and O–H groups in total. The molecule has 1 unspecified atom stereocenters. The van der Waals surface area contributed by atoms with Crippen molar-refractivity contribution in [2.24, 2.45) is 7.05 Å². The van der Waals surface area contributed by atoms with Gasteiger partial charge in [-0.1, -0.05) is 6.07 Å². The van der Waals surface area contributed by atoms with E-state index in [1.165, 1.54) is 0 Å². The quantitative estimate of drug-likeness (QED) is 0.630. The summed E-state index contributed by atoms with van der Waals surface area (Å²) in [6.07, 6.45) is 5.83. The lowest BCUT2D eigenvalue weighted by Gasteiger charge is -2.47. The molecule has 6 rings (SSSR count). The molecule has 0 aliphatic carbocycles. The van der Waals surface area contributed by atoms with Crippen LogP contribution in [-0.4, -0.2) is 76.6 Å². The van der Waals surface area contributed by atoms with Crippen molar-refractivity contribution in [3.8, 4) is 28.1 Å². The van der Waals surface area contributed by atoms with Gasteiger partial charge in [-0.25, -0.2) is 0 Å². The minimum atomic E-state index is 0.187. The van der Waals surface area contributed by atoms with Crippen molar-refractivity contribution in [2.75, 3.05) is 43.2 Å². The second-order valence-electron chi connectivity index (χ2n) is 9.41. The molecule has 3 aromatic rings. The first-order valence-corrected chi connectivity index (χ1v) is 11.6. The summed E-state index contributed by atoms with van der Waals surface area (Å²) in [5, 5.41) is 27.9. The van der Waals surface area contributed by atoms with Crippen molar-refractivity contribution in [3.63, 3.8) is 0 Å². The fourth-order valence-electron chi connectivity index (χ4n) is 5.39. The Kier molecular flexibility index (Phi) is 4.95. The Balaban J connectivity index is 1.31. The zero-order valence-electron chi connectivity index (χ0n) is 19.0. The lowest BCUT2D eigenvalue weighted by atomic mass is 9.91. The van der Waals surface area contributed by atoms with Gasteiger partial charge in [0.05, 0.1) is 30.8 Å². The van der Waals surface area contributed by atoms with Crippen LogP contribution in [0.3, 0.4) is 0 Å². The second-order valence-corrected chi connectivity index (χ2v) is 9.41. The van der Waals surface area contributed by atoms with Crippen molar-refractivity contribution >= 4 is 11.5 Å². The molecule has 9 nitrogen and oxygen atoms in total. The molecule has 3 atom stereocenters. The third kappa shape index (κ3) is 3.71. The lowest BCUT2D eigenvalue weighted by Crippen LogP contribution is -2.60.